The van der Waals surface area contributed by atoms with Crippen molar-refractivity contribution >= 4 is 29.1 Å². The Kier molecular flexibility index (Phi) is 6.62. The zero-order valence-electron chi connectivity index (χ0n) is 10.0. The molecular weight excluding hydrogens is 276 g/mol. The first-order chi connectivity index (χ1) is 9.13. The van der Waals surface area contributed by atoms with Crippen LogP contribution in [0.15, 0.2) is 24.3 Å². The van der Waals surface area contributed by atoms with E-state index in [0.717, 1.165) is 0 Å². The molecule has 0 heterocycles. The van der Waals surface area contributed by atoms with Gasteiger partial charge in [0.2, 0.25) is 0 Å². The van der Waals surface area contributed by atoms with E-state index >= 15 is 0 Å². The molecule has 0 bridgehead atoms. The molecule has 19 heavy (non-hydrogen) atoms. The Morgan fingerprint density at radius 1 is 1.26 bits per heavy atom. The number of hydrogen-bond acceptors (Lipinski definition) is 5. The smallest absolute Gasteiger partial charge is 0.411 e. The molecule has 0 saturated carbocycles. The molecule has 0 fully saturated rings. The Labute approximate surface area is 114 Å². The number of carbonyl (C=O) groups is 1. The van der Waals surface area contributed by atoms with E-state index in [2.05, 4.69) is 5.32 Å². The lowest BCUT2D eigenvalue weighted by Crippen LogP contribution is -2.17. The van der Waals surface area contributed by atoms with E-state index in [9.17, 15) is 14.9 Å². The third kappa shape index (κ3) is 6.03. The van der Waals surface area contributed by atoms with E-state index in [-0.39, 0.29) is 18.9 Å². The number of carbonyl (C=O) groups excluding carboxylic acids is 1. The molecule has 0 spiro atoms. The van der Waals surface area contributed by atoms with E-state index in [4.69, 9.17) is 21.1 Å². The maximum Gasteiger partial charge on any atom is 0.411 e. The van der Waals surface area contributed by atoms with Crippen LogP contribution in [-0.4, -0.2) is 36.7 Å². The highest BCUT2D eigenvalue weighted by Gasteiger charge is 2.06. The highest BCUT2D eigenvalue weighted by Crippen LogP contribution is 2.15. The number of nitro benzene ring substituents is 1. The van der Waals surface area contributed by atoms with Crippen LogP contribution in [0.5, 0.6) is 0 Å². The summed E-state index contributed by atoms with van der Waals surface area (Å²) in [7, 11) is 0. The van der Waals surface area contributed by atoms with Crippen molar-refractivity contribution in [2.75, 3.05) is 31.0 Å². The van der Waals surface area contributed by atoms with Crippen molar-refractivity contribution in [2.24, 2.45) is 0 Å². The molecule has 1 aromatic rings. The summed E-state index contributed by atoms with van der Waals surface area (Å²) in [5.74, 6) is 0.384. The summed E-state index contributed by atoms with van der Waals surface area (Å²) in [6.45, 7) is 0.769. The lowest BCUT2D eigenvalue weighted by atomic mass is 10.3. The minimum absolute atomic E-state index is 0.0478. The molecule has 1 amide bonds. The van der Waals surface area contributed by atoms with Crippen LogP contribution in [0.4, 0.5) is 16.2 Å². The third-order valence-electron chi connectivity index (χ3n) is 2.01. The highest BCUT2D eigenvalue weighted by atomic mass is 35.5. The fourth-order valence-electron chi connectivity index (χ4n) is 1.17. The van der Waals surface area contributed by atoms with Gasteiger partial charge in [-0.2, -0.15) is 0 Å². The number of nitrogens with zero attached hydrogens (tertiary/aromatic N) is 1. The maximum atomic E-state index is 11.3. The van der Waals surface area contributed by atoms with E-state index in [1.54, 1.807) is 0 Å². The number of rotatable bonds is 7. The second kappa shape index (κ2) is 8.28. The molecule has 0 aliphatic carbocycles. The number of ether oxygens (including phenoxy) is 2. The van der Waals surface area contributed by atoms with E-state index < -0.39 is 11.0 Å². The number of non-ortho nitro benzene ring substituents is 1. The van der Waals surface area contributed by atoms with Gasteiger partial charge in [0.1, 0.15) is 6.61 Å². The zero-order chi connectivity index (χ0) is 14.1. The van der Waals surface area contributed by atoms with Gasteiger partial charge >= 0.3 is 6.09 Å². The monoisotopic (exact) mass is 288 g/mol. The van der Waals surface area contributed by atoms with Crippen molar-refractivity contribution in [3.63, 3.8) is 0 Å². The van der Waals surface area contributed by atoms with E-state index in [1.807, 2.05) is 0 Å². The average Bonchev–Trinajstić information content (AvgIpc) is 2.39. The summed E-state index contributed by atoms with van der Waals surface area (Å²) in [6, 6.07) is 5.42. The lowest BCUT2D eigenvalue weighted by molar-refractivity contribution is -0.384. The minimum Gasteiger partial charge on any atom is -0.447 e. The molecule has 0 atom stereocenters. The second-order valence-corrected chi connectivity index (χ2v) is 3.74. The lowest BCUT2D eigenvalue weighted by Gasteiger charge is -2.06. The largest absolute Gasteiger partial charge is 0.447 e. The van der Waals surface area contributed by atoms with Gasteiger partial charge in [0.25, 0.3) is 5.69 Å². The van der Waals surface area contributed by atoms with E-state index in [1.165, 1.54) is 24.3 Å². The van der Waals surface area contributed by atoms with E-state index in [0.29, 0.717) is 18.2 Å². The number of nitro groups is 1. The summed E-state index contributed by atoms with van der Waals surface area (Å²) in [6.07, 6.45) is -0.650. The Hall–Kier alpha value is -1.86. The Morgan fingerprint density at radius 3 is 2.53 bits per heavy atom. The molecule has 0 radical (unpaired) electrons. The summed E-state index contributed by atoms with van der Waals surface area (Å²) in [5.41, 5.74) is 0.366. The van der Waals surface area contributed by atoms with Gasteiger partial charge in [-0.3, -0.25) is 15.4 Å². The molecule has 1 rings (SSSR count). The normalized spacial score (nSPS) is 9.95. The van der Waals surface area contributed by atoms with Gasteiger partial charge in [0.05, 0.1) is 18.1 Å². The number of hydrogen-bond donors (Lipinski definition) is 1. The molecule has 7 nitrogen and oxygen atoms in total. The van der Waals surface area contributed by atoms with Crippen molar-refractivity contribution in [2.45, 2.75) is 0 Å². The van der Waals surface area contributed by atoms with Crippen LogP contribution in [0.1, 0.15) is 0 Å². The number of halogens is 1. The van der Waals surface area contributed by atoms with Crippen LogP contribution in [0, 0.1) is 10.1 Å². The number of alkyl halides is 1. The number of nitrogens with one attached hydrogen (secondary N) is 1. The molecular formula is C11H13ClN2O5. The quantitative estimate of drug-likeness (QED) is 0.360. The molecule has 8 heteroatoms. The Morgan fingerprint density at radius 2 is 1.95 bits per heavy atom. The van der Waals surface area contributed by atoms with Crippen molar-refractivity contribution in [1.82, 2.24) is 0 Å². The van der Waals surface area contributed by atoms with Crippen LogP contribution in [-0.2, 0) is 9.47 Å². The van der Waals surface area contributed by atoms with Crippen molar-refractivity contribution in [3.05, 3.63) is 34.4 Å². The maximum absolute atomic E-state index is 11.3. The number of amides is 1. The van der Waals surface area contributed by atoms with Crippen molar-refractivity contribution in [3.8, 4) is 0 Å². The first kappa shape index (κ1) is 15.2. The molecule has 1 aromatic carbocycles. The van der Waals surface area contributed by atoms with Crippen LogP contribution >= 0.6 is 11.6 Å². The summed E-state index contributed by atoms with van der Waals surface area (Å²) in [5, 5.41) is 12.9. The molecule has 1 N–H and O–H groups in total. The standard InChI is InChI=1S/C11H13ClN2O5/c12-5-6-18-7-8-19-11(15)13-9-1-3-10(4-2-9)14(16)17/h1-4H,5-8H2,(H,13,15). The van der Waals surface area contributed by atoms with Gasteiger partial charge in [-0.1, -0.05) is 0 Å². The summed E-state index contributed by atoms with van der Waals surface area (Å²) in [4.78, 5) is 21.2. The second-order valence-electron chi connectivity index (χ2n) is 3.37. The first-order valence-corrected chi connectivity index (χ1v) is 5.99. The topological polar surface area (TPSA) is 90.7 Å². The summed E-state index contributed by atoms with van der Waals surface area (Å²) < 4.78 is 9.83. The van der Waals surface area contributed by atoms with Crippen LogP contribution in [0.25, 0.3) is 0 Å². The van der Waals surface area contributed by atoms with Gasteiger partial charge in [0, 0.05) is 23.7 Å². The predicted molar refractivity (Wildman–Crippen MR) is 69.6 cm³/mol. The van der Waals surface area contributed by atoms with Gasteiger partial charge in [0.15, 0.2) is 0 Å². The SMILES string of the molecule is O=C(Nc1ccc([N+](=O)[O-])cc1)OCCOCCCl. The molecule has 0 aliphatic rings. The van der Waals surface area contributed by atoms with Crippen LogP contribution < -0.4 is 5.32 Å². The fourth-order valence-corrected chi connectivity index (χ4v) is 1.28. The van der Waals surface area contributed by atoms with Gasteiger partial charge < -0.3 is 9.47 Å². The van der Waals surface area contributed by atoms with Crippen molar-refractivity contribution < 1.29 is 19.2 Å². The zero-order valence-corrected chi connectivity index (χ0v) is 10.8. The molecule has 104 valence electrons. The Bertz CT molecular complexity index is 424. The molecule has 0 aliphatic heterocycles. The van der Waals surface area contributed by atoms with Gasteiger partial charge in [-0.25, -0.2) is 4.79 Å². The predicted octanol–water partition coefficient (Wildman–Crippen LogP) is 2.40. The van der Waals surface area contributed by atoms with Crippen molar-refractivity contribution in [1.29, 1.82) is 0 Å². The molecule has 0 aromatic heterocycles. The van der Waals surface area contributed by atoms with Crippen LogP contribution in [0.3, 0.4) is 0 Å². The van der Waals surface area contributed by atoms with Crippen LogP contribution in [0.2, 0.25) is 0 Å². The molecule has 0 unspecified atom stereocenters. The third-order valence-corrected chi connectivity index (χ3v) is 2.16. The average molecular weight is 289 g/mol. The Balaban J connectivity index is 2.30. The van der Waals surface area contributed by atoms with Gasteiger partial charge in [-0.05, 0) is 12.1 Å². The number of anilines is 1. The fraction of sp³-hybridized carbons (Fsp3) is 0.364. The van der Waals surface area contributed by atoms with Gasteiger partial charge in [-0.15, -0.1) is 11.6 Å². The minimum atomic E-state index is -0.650. The highest BCUT2D eigenvalue weighted by molar-refractivity contribution is 6.17. The number of benzene rings is 1. The summed E-state index contributed by atoms with van der Waals surface area (Å²) >= 11 is 5.39. The molecule has 0 saturated heterocycles. The first-order valence-electron chi connectivity index (χ1n) is 5.45.